The molecule has 2 nitrogen and oxygen atoms in total. The Morgan fingerprint density at radius 1 is 1.06 bits per heavy atom. The smallest absolute Gasteiger partial charge is 0.126 e. The summed E-state index contributed by atoms with van der Waals surface area (Å²) in [5.41, 5.74) is 3.91. The van der Waals surface area contributed by atoms with E-state index in [0.717, 1.165) is 22.3 Å². The van der Waals surface area contributed by atoms with Crippen molar-refractivity contribution in [3.05, 3.63) is 53.6 Å². The highest BCUT2D eigenvalue weighted by molar-refractivity contribution is 5.72. The highest BCUT2D eigenvalue weighted by atomic mass is 16.3. The van der Waals surface area contributed by atoms with Crippen LogP contribution in [0, 0.1) is 6.92 Å². The topological polar surface area (TPSA) is 40.5 Å². The highest BCUT2D eigenvalue weighted by Crippen LogP contribution is 2.33. The monoisotopic (exact) mass is 242 g/mol. The molecule has 2 heteroatoms. The lowest BCUT2D eigenvalue weighted by molar-refractivity contribution is 0.288. The molecule has 18 heavy (non-hydrogen) atoms. The molecule has 0 spiro atoms. The van der Waals surface area contributed by atoms with Gasteiger partial charge in [-0.05, 0) is 42.5 Å². The second-order valence-corrected chi connectivity index (χ2v) is 4.51. The van der Waals surface area contributed by atoms with Crippen molar-refractivity contribution in [3.8, 4) is 16.9 Å². The molecule has 0 saturated heterocycles. The van der Waals surface area contributed by atoms with E-state index in [9.17, 15) is 5.11 Å². The minimum atomic E-state index is 0.147. The molecule has 0 saturated carbocycles. The molecule has 0 radical (unpaired) electrons. The maximum Gasteiger partial charge on any atom is 0.126 e. The zero-order valence-corrected chi connectivity index (χ0v) is 10.6. The van der Waals surface area contributed by atoms with Gasteiger partial charge in [0.05, 0.1) is 0 Å². The molecule has 0 fully saturated rings. The van der Waals surface area contributed by atoms with Gasteiger partial charge in [0.15, 0.2) is 0 Å². The fourth-order valence-electron chi connectivity index (χ4n) is 2.15. The normalized spacial score (nSPS) is 10.6. The number of aromatic hydroxyl groups is 1. The quantitative estimate of drug-likeness (QED) is 0.863. The van der Waals surface area contributed by atoms with Gasteiger partial charge in [-0.25, -0.2) is 0 Å². The van der Waals surface area contributed by atoms with Crippen LogP contribution in [0.5, 0.6) is 5.75 Å². The summed E-state index contributed by atoms with van der Waals surface area (Å²) in [4.78, 5) is 0. The van der Waals surface area contributed by atoms with E-state index < -0.39 is 0 Å². The SMILES string of the molecule is Cc1cc(CCCO)c(O)c(-c2ccccc2)c1. The number of phenolic OH excluding ortho intramolecular Hbond substituents is 1. The van der Waals surface area contributed by atoms with Crippen LogP contribution in [0.3, 0.4) is 0 Å². The first-order valence-corrected chi connectivity index (χ1v) is 6.21. The molecule has 2 rings (SSSR count). The maximum absolute atomic E-state index is 10.3. The number of hydrogen-bond acceptors (Lipinski definition) is 2. The fourth-order valence-corrected chi connectivity index (χ4v) is 2.15. The zero-order chi connectivity index (χ0) is 13.0. The van der Waals surface area contributed by atoms with Gasteiger partial charge >= 0.3 is 0 Å². The minimum Gasteiger partial charge on any atom is -0.507 e. The third-order valence-corrected chi connectivity index (χ3v) is 3.02. The molecule has 2 aromatic rings. The molecule has 0 bridgehead atoms. The molecule has 2 N–H and O–H groups in total. The number of benzene rings is 2. The molecule has 0 heterocycles. The number of phenols is 1. The van der Waals surface area contributed by atoms with Crippen LogP contribution in [-0.2, 0) is 6.42 Å². The van der Waals surface area contributed by atoms with Crippen molar-refractivity contribution in [2.24, 2.45) is 0 Å². The molecular formula is C16H18O2. The van der Waals surface area contributed by atoms with Crippen LogP contribution < -0.4 is 0 Å². The van der Waals surface area contributed by atoms with Crippen molar-refractivity contribution in [2.75, 3.05) is 6.61 Å². The van der Waals surface area contributed by atoms with Crippen LogP contribution in [0.15, 0.2) is 42.5 Å². The summed E-state index contributed by atoms with van der Waals surface area (Å²) in [6, 6.07) is 13.8. The van der Waals surface area contributed by atoms with Crippen molar-refractivity contribution in [2.45, 2.75) is 19.8 Å². The predicted octanol–water partition coefficient (Wildman–Crippen LogP) is 3.29. The van der Waals surface area contributed by atoms with E-state index in [0.29, 0.717) is 18.6 Å². The van der Waals surface area contributed by atoms with E-state index in [1.807, 2.05) is 49.4 Å². The van der Waals surface area contributed by atoms with Crippen LogP contribution in [0.1, 0.15) is 17.5 Å². The molecule has 0 aromatic heterocycles. The maximum atomic E-state index is 10.3. The second-order valence-electron chi connectivity index (χ2n) is 4.51. The number of aryl methyl sites for hydroxylation is 2. The lowest BCUT2D eigenvalue weighted by Gasteiger charge is -2.11. The van der Waals surface area contributed by atoms with E-state index in [2.05, 4.69) is 0 Å². The molecule has 0 aliphatic heterocycles. The van der Waals surface area contributed by atoms with E-state index in [1.54, 1.807) is 0 Å². The van der Waals surface area contributed by atoms with Crippen LogP contribution in [0.4, 0.5) is 0 Å². The highest BCUT2D eigenvalue weighted by Gasteiger charge is 2.10. The Morgan fingerprint density at radius 3 is 2.44 bits per heavy atom. The predicted molar refractivity (Wildman–Crippen MR) is 73.7 cm³/mol. The van der Waals surface area contributed by atoms with Crippen LogP contribution in [0.2, 0.25) is 0 Å². The third-order valence-electron chi connectivity index (χ3n) is 3.02. The summed E-state index contributed by atoms with van der Waals surface area (Å²) in [6.45, 7) is 2.17. The number of rotatable bonds is 4. The molecular weight excluding hydrogens is 224 g/mol. The minimum absolute atomic E-state index is 0.147. The molecule has 2 aromatic carbocycles. The summed E-state index contributed by atoms with van der Waals surface area (Å²) in [5, 5.41) is 19.2. The lowest BCUT2D eigenvalue weighted by Crippen LogP contribution is -1.93. The van der Waals surface area contributed by atoms with Gasteiger partial charge in [-0.15, -0.1) is 0 Å². The first kappa shape index (κ1) is 12.7. The van der Waals surface area contributed by atoms with Crippen LogP contribution in [-0.4, -0.2) is 16.8 Å². The van der Waals surface area contributed by atoms with Gasteiger partial charge in [0, 0.05) is 12.2 Å². The molecule has 0 atom stereocenters. The van der Waals surface area contributed by atoms with E-state index >= 15 is 0 Å². The van der Waals surface area contributed by atoms with Crippen molar-refractivity contribution in [1.82, 2.24) is 0 Å². The Kier molecular flexibility index (Phi) is 4.00. The Labute approximate surface area is 108 Å². The average Bonchev–Trinajstić information content (AvgIpc) is 2.40. The lowest BCUT2D eigenvalue weighted by atomic mass is 9.96. The molecule has 94 valence electrons. The first-order chi connectivity index (χ1) is 8.72. The summed E-state index contributed by atoms with van der Waals surface area (Å²) < 4.78 is 0. The fraction of sp³-hybridized carbons (Fsp3) is 0.250. The van der Waals surface area contributed by atoms with Crippen molar-refractivity contribution in [3.63, 3.8) is 0 Å². The molecule has 0 aliphatic carbocycles. The van der Waals surface area contributed by atoms with E-state index in [4.69, 9.17) is 5.11 Å². The second kappa shape index (κ2) is 5.69. The van der Waals surface area contributed by atoms with Crippen molar-refractivity contribution in [1.29, 1.82) is 0 Å². The van der Waals surface area contributed by atoms with Crippen molar-refractivity contribution < 1.29 is 10.2 Å². The van der Waals surface area contributed by atoms with Gasteiger partial charge in [0.25, 0.3) is 0 Å². The average molecular weight is 242 g/mol. The zero-order valence-electron chi connectivity index (χ0n) is 10.6. The summed E-state index contributed by atoms with van der Waals surface area (Å²) in [5.74, 6) is 0.334. The van der Waals surface area contributed by atoms with Gasteiger partial charge < -0.3 is 10.2 Å². The van der Waals surface area contributed by atoms with E-state index in [-0.39, 0.29) is 6.61 Å². The van der Waals surface area contributed by atoms with Gasteiger partial charge in [-0.2, -0.15) is 0 Å². The number of hydrogen-bond donors (Lipinski definition) is 2. The van der Waals surface area contributed by atoms with Crippen LogP contribution in [0.25, 0.3) is 11.1 Å². The third kappa shape index (κ3) is 2.71. The standard InChI is InChI=1S/C16H18O2/c1-12-10-14(8-5-9-17)16(18)15(11-12)13-6-3-2-4-7-13/h2-4,6-7,10-11,17-18H,5,8-9H2,1H3. The number of aliphatic hydroxyl groups is 1. The largest absolute Gasteiger partial charge is 0.507 e. The van der Waals surface area contributed by atoms with Crippen LogP contribution >= 0.6 is 0 Å². The van der Waals surface area contributed by atoms with Gasteiger partial charge in [-0.3, -0.25) is 0 Å². The van der Waals surface area contributed by atoms with Gasteiger partial charge in [0.1, 0.15) is 5.75 Å². The Hall–Kier alpha value is -1.80. The molecule has 0 unspecified atom stereocenters. The first-order valence-electron chi connectivity index (χ1n) is 6.21. The van der Waals surface area contributed by atoms with E-state index in [1.165, 1.54) is 0 Å². The number of aliphatic hydroxyl groups excluding tert-OH is 1. The summed E-state index contributed by atoms with van der Waals surface area (Å²) in [7, 11) is 0. The molecule has 0 amide bonds. The summed E-state index contributed by atoms with van der Waals surface area (Å²) in [6.07, 6.45) is 1.37. The van der Waals surface area contributed by atoms with Crippen molar-refractivity contribution >= 4 is 0 Å². The Balaban J connectivity index is 2.45. The summed E-state index contributed by atoms with van der Waals surface area (Å²) >= 11 is 0. The Bertz CT molecular complexity index is 518. The Morgan fingerprint density at radius 2 is 1.78 bits per heavy atom. The van der Waals surface area contributed by atoms with Gasteiger partial charge in [-0.1, -0.05) is 36.4 Å². The molecule has 0 aliphatic rings. The van der Waals surface area contributed by atoms with Gasteiger partial charge in [0.2, 0.25) is 0 Å².